The summed E-state index contributed by atoms with van der Waals surface area (Å²) in [5.41, 5.74) is 0. The van der Waals surface area contributed by atoms with Crippen molar-refractivity contribution in [1.82, 2.24) is 0 Å². The molecule has 0 radical (unpaired) electrons. The molecule has 0 spiro atoms. The first-order valence-corrected chi connectivity index (χ1v) is 17.6. The molecule has 38 heavy (non-hydrogen) atoms. The van der Waals surface area contributed by atoms with Crippen LogP contribution in [0.15, 0.2) is 97.6 Å². The van der Waals surface area contributed by atoms with Crippen LogP contribution in [-0.2, 0) is 26.2 Å². The van der Waals surface area contributed by atoms with Gasteiger partial charge in [0.05, 0.1) is 0 Å². The van der Waals surface area contributed by atoms with Crippen molar-refractivity contribution in [2.75, 3.05) is 24.6 Å². The van der Waals surface area contributed by atoms with Crippen LogP contribution in [0.1, 0.15) is 60.3 Å². The molecule has 202 valence electrons. The van der Waals surface area contributed by atoms with Crippen molar-refractivity contribution in [3.63, 3.8) is 0 Å². The molecule has 0 amide bonds. The number of rotatable bonds is 11. The molecular formula is C35H48P2Zr. The van der Waals surface area contributed by atoms with Gasteiger partial charge in [0.1, 0.15) is 0 Å². The zero-order valence-corrected chi connectivity index (χ0v) is 28.7. The van der Waals surface area contributed by atoms with E-state index < -0.39 is 0 Å². The quantitative estimate of drug-likeness (QED) is 0.0888. The molecule has 4 rings (SSSR count). The molecule has 4 aromatic rings. The molecule has 0 N–H and O–H groups in total. The molecule has 0 bridgehead atoms. The third-order valence-electron chi connectivity index (χ3n) is 6.24. The van der Waals surface area contributed by atoms with Crippen LogP contribution < -0.4 is 10.6 Å². The van der Waals surface area contributed by atoms with Gasteiger partial charge in [0, 0.05) is 0 Å². The molecule has 0 heterocycles. The Kier molecular flexibility index (Phi) is 19.1. The average molecular weight is 622 g/mol. The van der Waals surface area contributed by atoms with Crippen LogP contribution in [0.4, 0.5) is 0 Å². The van der Waals surface area contributed by atoms with Crippen molar-refractivity contribution in [2.45, 2.75) is 60.3 Å². The zero-order valence-electron chi connectivity index (χ0n) is 24.4. The molecular weight excluding hydrogens is 574 g/mol. The molecule has 0 fully saturated rings. The summed E-state index contributed by atoms with van der Waals surface area (Å²) in [6, 6.07) is 27.1. The number of allylic oxidation sites excluding steroid dienone is 3. The van der Waals surface area contributed by atoms with Gasteiger partial charge in [-0.15, -0.1) is 80.7 Å². The first-order valence-electron chi connectivity index (χ1n) is 14.2. The van der Waals surface area contributed by atoms with E-state index >= 15 is 0 Å². The fourth-order valence-corrected chi connectivity index (χ4v) is 9.52. The molecule has 0 saturated heterocycles. The summed E-state index contributed by atoms with van der Waals surface area (Å²) in [6.07, 6.45) is 16.4. The summed E-state index contributed by atoms with van der Waals surface area (Å²) in [5.74, 6) is 0. The fraction of sp³-hybridized carbons (Fsp3) is 0.371. The predicted octanol–water partition coefficient (Wildman–Crippen LogP) is 10.7. The van der Waals surface area contributed by atoms with E-state index in [1.807, 2.05) is 19.1 Å². The smallest absolute Gasteiger partial charge is 0.161 e. The Bertz CT molecular complexity index is 1020. The van der Waals surface area contributed by atoms with Crippen molar-refractivity contribution in [3.05, 3.63) is 97.6 Å². The van der Waals surface area contributed by atoms with Crippen molar-refractivity contribution in [1.29, 1.82) is 0 Å². The van der Waals surface area contributed by atoms with Crippen LogP contribution >= 0.6 is 15.8 Å². The monoisotopic (exact) mass is 620 g/mol. The number of benzene rings is 2. The van der Waals surface area contributed by atoms with Gasteiger partial charge < -0.3 is 0 Å². The largest absolute Gasteiger partial charge is 2.00 e. The van der Waals surface area contributed by atoms with Crippen LogP contribution in [0, 0.1) is 0 Å². The summed E-state index contributed by atoms with van der Waals surface area (Å²) in [4.78, 5) is 0. The summed E-state index contributed by atoms with van der Waals surface area (Å²) in [7, 11) is 0.194. The Morgan fingerprint density at radius 3 is 1.29 bits per heavy atom. The minimum Gasteiger partial charge on any atom is -0.161 e. The molecule has 0 aliphatic carbocycles. The van der Waals surface area contributed by atoms with Gasteiger partial charge in [-0.1, -0.05) is 106 Å². The average Bonchev–Trinajstić information content (AvgIpc) is 3.54. The molecule has 0 aromatic heterocycles. The standard InChI is InChI=1S/2C15H20P.C5H8.Zr/c2*1-3-9-16(10-4-2)15-11-13-7-5-6-8-14(13)12-15;1-3-5-4-2;/h2*5-8,11-12H,3-4,9-10H2,1-2H3;3-5H,1H2,2H3;/q2*-1;;+2. The zero-order chi connectivity index (χ0) is 26.9. The number of hydrogen-bond donors (Lipinski definition) is 0. The van der Waals surface area contributed by atoms with E-state index in [9.17, 15) is 0 Å². The summed E-state index contributed by atoms with van der Waals surface area (Å²) >= 11 is 0. The van der Waals surface area contributed by atoms with E-state index in [-0.39, 0.29) is 42.0 Å². The van der Waals surface area contributed by atoms with Crippen molar-refractivity contribution >= 4 is 48.0 Å². The van der Waals surface area contributed by atoms with Gasteiger partial charge in [-0.25, -0.2) is 0 Å². The van der Waals surface area contributed by atoms with Crippen LogP contribution in [0.25, 0.3) is 21.5 Å². The SMILES string of the molecule is C=CC=CC.CCCP(CCC)c1cc2ccccc2[cH-]1.CCCP(CCC)c1cc2ccccc2[cH-]1.[Zr+2]. The third kappa shape index (κ3) is 11.6. The fourth-order valence-electron chi connectivity index (χ4n) is 4.59. The van der Waals surface area contributed by atoms with E-state index in [0.29, 0.717) is 0 Å². The van der Waals surface area contributed by atoms with Crippen LogP contribution in [0.2, 0.25) is 0 Å². The van der Waals surface area contributed by atoms with Crippen LogP contribution in [0.3, 0.4) is 0 Å². The second kappa shape index (κ2) is 20.7. The normalized spacial score (nSPS) is 10.8. The van der Waals surface area contributed by atoms with Gasteiger partial charge >= 0.3 is 26.2 Å². The Labute approximate surface area is 255 Å². The minimum atomic E-state index is 0. The van der Waals surface area contributed by atoms with E-state index in [1.54, 1.807) is 16.7 Å². The van der Waals surface area contributed by atoms with Crippen LogP contribution in [-0.4, -0.2) is 24.6 Å². The van der Waals surface area contributed by atoms with Gasteiger partial charge in [0.25, 0.3) is 0 Å². The molecule has 0 aliphatic heterocycles. The molecule has 0 unspecified atom stereocenters. The molecule has 0 nitrogen and oxygen atoms in total. The second-order valence-electron chi connectivity index (χ2n) is 9.42. The van der Waals surface area contributed by atoms with Crippen molar-refractivity contribution in [2.24, 2.45) is 0 Å². The van der Waals surface area contributed by atoms with Gasteiger partial charge in [-0.05, 0) is 31.6 Å². The Hall–Kier alpha value is -1.12. The minimum absolute atomic E-state index is 0. The van der Waals surface area contributed by atoms with Crippen molar-refractivity contribution in [3.8, 4) is 0 Å². The maximum Gasteiger partial charge on any atom is 2.00 e. The Morgan fingerprint density at radius 1 is 0.658 bits per heavy atom. The first kappa shape index (κ1) is 34.9. The molecule has 3 heteroatoms. The maximum absolute atomic E-state index is 3.46. The van der Waals surface area contributed by atoms with E-state index in [0.717, 1.165) is 0 Å². The maximum atomic E-state index is 3.46. The number of fused-ring (bicyclic) bond motifs is 2. The van der Waals surface area contributed by atoms with Gasteiger partial charge in [-0.3, -0.25) is 0 Å². The summed E-state index contributed by atoms with van der Waals surface area (Å²) in [6.45, 7) is 14.6. The van der Waals surface area contributed by atoms with E-state index in [1.165, 1.54) is 71.9 Å². The van der Waals surface area contributed by atoms with Gasteiger partial charge in [0.15, 0.2) is 0 Å². The van der Waals surface area contributed by atoms with Gasteiger partial charge in [-0.2, -0.15) is 12.1 Å². The molecule has 0 aliphatic rings. The van der Waals surface area contributed by atoms with E-state index in [2.05, 4.69) is 107 Å². The summed E-state index contributed by atoms with van der Waals surface area (Å²) < 4.78 is 0. The molecule has 4 aromatic carbocycles. The summed E-state index contributed by atoms with van der Waals surface area (Å²) in [5, 5.41) is 8.88. The van der Waals surface area contributed by atoms with Crippen molar-refractivity contribution < 1.29 is 26.2 Å². The first-order chi connectivity index (χ1) is 18.1. The predicted molar refractivity (Wildman–Crippen MR) is 178 cm³/mol. The molecule has 0 saturated carbocycles. The molecule has 0 atom stereocenters. The van der Waals surface area contributed by atoms with E-state index in [4.69, 9.17) is 0 Å². The Balaban J connectivity index is 0.000000317. The topological polar surface area (TPSA) is 0 Å². The number of hydrogen-bond acceptors (Lipinski definition) is 0. The third-order valence-corrected chi connectivity index (χ3v) is 12.2. The second-order valence-corrected chi connectivity index (χ2v) is 14.4. The van der Waals surface area contributed by atoms with Crippen LogP contribution in [0.5, 0.6) is 0 Å². The van der Waals surface area contributed by atoms with Gasteiger partial charge in [0.2, 0.25) is 0 Å². The Morgan fingerprint density at radius 2 is 1.03 bits per heavy atom.